The van der Waals surface area contributed by atoms with E-state index in [0.29, 0.717) is 0 Å². The van der Waals surface area contributed by atoms with Crippen molar-refractivity contribution in [1.82, 2.24) is 0 Å². The van der Waals surface area contributed by atoms with E-state index in [1.165, 1.54) is 21.0 Å². The molecule has 19 heavy (non-hydrogen) atoms. The molecule has 3 atom stereocenters. The molecule has 0 amide bonds. The quantitative estimate of drug-likeness (QED) is 0.427. The van der Waals surface area contributed by atoms with Crippen molar-refractivity contribution in [1.29, 1.82) is 0 Å². The number of aliphatic hydroxyl groups excluding tert-OH is 1. The molecule has 0 rings (SSSR count). The van der Waals surface area contributed by atoms with E-state index in [1.54, 1.807) is 25.2 Å². The molecule has 0 fully saturated rings. The van der Waals surface area contributed by atoms with Gasteiger partial charge in [-0.2, -0.15) is 0 Å². The van der Waals surface area contributed by atoms with Crippen LogP contribution in [0.5, 0.6) is 0 Å². The summed E-state index contributed by atoms with van der Waals surface area (Å²) in [6.07, 6.45) is 5.05. The molecule has 0 radical (unpaired) electrons. The van der Waals surface area contributed by atoms with Crippen molar-refractivity contribution in [3.63, 3.8) is 0 Å². The van der Waals surface area contributed by atoms with E-state index >= 15 is 0 Å². The first-order valence-corrected chi connectivity index (χ1v) is 7.88. The first-order chi connectivity index (χ1) is 8.70. The van der Waals surface area contributed by atoms with Gasteiger partial charge in [-0.15, -0.1) is 0 Å². The van der Waals surface area contributed by atoms with Gasteiger partial charge in [-0.3, -0.25) is 4.57 Å². The summed E-state index contributed by atoms with van der Waals surface area (Å²) in [5.74, 6) is 2.46. The Bertz CT molecular complexity index is 423. The fraction of sp³-hybridized carbons (Fsp3) is 0.636. The highest BCUT2D eigenvalue weighted by molar-refractivity contribution is 7.54. The van der Waals surface area contributed by atoms with Crippen LogP contribution in [0.25, 0.3) is 0 Å². The highest BCUT2D eigenvalue weighted by Crippen LogP contribution is 2.58. The lowest BCUT2D eigenvalue weighted by molar-refractivity contribution is 0.117. The highest BCUT2D eigenvalue weighted by Gasteiger charge is 2.43. The Morgan fingerprint density at radius 2 is 1.95 bits per heavy atom. The molecule has 0 bridgehead atoms. The molecule has 8 heteroatoms. The van der Waals surface area contributed by atoms with Gasteiger partial charge in [-0.1, -0.05) is 6.08 Å². The second kappa shape index (κ2) is 7.40. The normalized spacial score (nSPS) is 19.1. The third-order valence-corrected chi connectivity index (χ3v) is 5.88. The lowest BCUT2D eigenvalue weighted by atomic mass is 10.3. The molecule has 0 saturated carbocycles. The smallest absolute Gasteiger partial charge is 0.359 e. The second-order valence-corrected chi connectivity index (χ2v) is 7.66. The van der Waals surface area contributed by atoms with Crippen molar-refractivity contribution < 1.29 is 28.3 Å². The number of aliphatic hydroxyl groups is 1. The number of hydrogen-bond donors (Lipinski definition) is 2. The summed E-state index contributed by atoms with van der Waals surface area (Å²) in [4.78, 5) is 9.65. The fourth-order valence-electron chi connectivity index (χ4n) is 1.06. The summed E-state index contributed by atoms with van der Waals surface area (Å²) in [6.45, 7) is 4.63. The first-order valence-electron chi connectivity index (χ1n) is 5.39. The Labute approximate surface area is 115 Å². The average molecular weight is 310 g/mol. The van der Waals surface area contributed by atoms with Crippen molar-refractivity contribution in [2.75, 3.05) is 14.2 Å². The monoisotopic (exact) mass is 310 g/mol. The van der Waals surface area contributed by atoms with Crippen LogP contribution in [0.4, 0.5) is 0 Å². The van der Waals surface area contributed by atoms with Crippen molar-refractivity contribution >= 4 is 16.4 Å². The van der Waals surface area contributed by atoms with Gasteiger partial charge < -0.3 is 23.8 Å². The second-order valence-electron chi connectivity index (χ2n) is 4.03. The summed E-state index contributed by atoms with van der Waals surface area (Å²) in [5, 5.41) is 6.17. The number of ether oxygens (including phenoxy) is 1. The third-order valence-electron chi connectivity index (χ3n) is 2.35. The van der Waals surface area contributed by atoms with Crippen LogP contribution < -0.4 is 0 Å². The SMILES string of the molecule is CC=CC(C#CO)(OC)POC(C)(C)P(=O)(O)OC. The Kier molecular flexibility index (Phi) is 7.24. The summed E-state index contributed by atoms with van der Waals surface area (Å²) in [5.41, 5.74) is 0. The summed E-state index contributed by atoms with van der Waals surface area (Å²) in [6, 6.07) is 0. The van der Waals surface area contributed by atoms with E-state index in [9.17, 15) is 9.46 Å². The van der Waals surface area contributed by atoms with Crippen LogP contribution in [0, 0.1) is 12.0 Å². The molecular weight excluding hydrogens is 290 g/mol. The molecule has 0 aliphatic carbocycles. The Morgan fingerprint density at radius 3 is 2.32 bits per heavy atom. The van der Waals surface area contributed by atoms with Crippen LogP contribution in [0.2, 0.25) is 0 Å². The highest BCUT2D eigenvalue weighted by atomic mass is 31.2. The van der Waals surface area contributed by atoms with Crippen LogP contribution in [-0.4, -0.2) is 34.9 Å². The van der Waals surface area contributed by atoms with Gasteiger partial charge in [0.2, 0.25) is 0 Å². The zero-order valence-electron chi connectivity index (χ0n) is 11.6. The van der Waals surface area contributed by atoms with Gasteiger partial charge in [0.15, 0.2) is 10.7 Å². The van der Waals surface area contributed by atoms with Crippen molar-refractivity contribution in [3.8, 4) is 12.0 Å². The first kappa shape index (κ1) is 18.6. The predicted octanol–water partition coefficient (Wildman–Crippen LogP) is 2.42. The Hall–Kier alpha value is -0.400. The van der Waals surface area contributed by atoms with Gasteiger partial charge in [-0.25, -0.2) is 0 Å². The van der Waals surface area contributed by atoms with Crippen molar-refractivity contribution in [2.45, 2.75) is 31.5 Å². The molecule has 3 unspecified atom stereocenters. The zero-order chi connectivity index (χ0) is 15.2. The van der Waals surface area contributed by atoms with Crippen molar-refractivity contribution in [3.05, 3.63) is 12.2 Å². The summed E-state index contributed by atoms with van der Waals surface area (Å²) < 4.78 is 27.0. The van der Waals surface area contributed by atoms with E-state index in [-0.39, 0.29) is 0 Å². The van der Waals surface area contributed by atoms with E-state index in [2.05, 4.69) is 10.4 Å². The molecule has 0 saturated heterocycles. The summed E-state index contributed by atoms with van der Waals surface area (Å²) in [7, 11) is -1.79. The molecule has 0 aromatic carbocycles. The molecule has 0 heterocycles. The summed E-state index contributed by atoms with van der Waals surface area (Å²) >= 11 is 0. The van der Waals surface area contributed by atoms with Crippen LogP contribution in [0.15, 0.2) is 12.2 Å². The van der Waals surface area contributed by atoms with Gasteiger partial charge in [0.05, 0.1) is 8.81 Å². The minimum absolute atomic E-state index is 0.420. The fourth-order valence-corrected chi connectivity index (χ4v) is 2.92. The third kappa shape index (κ3) is 4.89. The van der Waals surface area contributed by atoms with E-state index < -0.39 is 27.1 Å². The molecular formula is C11H20O6P2. The molecule has 0 aromatic heterocycles. The largest absolute Gasteiger partial charge is 0.462 e. The van der Waals surface area contributed by atoms with Gasteiger partial charge in [0.25, 0.3) is 0 Å². The standard InChI is InChI=1S/C11H20O6P2/c1-6-7-11(15-4,8-9-12)18-17-10(2,3)19(13,14)16-5/h6-7,12,18H,1-5H3,(H,13,14). The average Bonchev–Trinajstić information content (AvgIpc) is 2.36. The molecule has 110 valence electrons. The topological polar surface area (TPSA) is 85.2 Å². The van der Waals surface area contributed by atoms with Gasteiger partial charge in [0.1, 0.15) is 6.11 Å². The van der Waals surface area contributed by atoms with Gasteiger partial charge >= 0.3 is 7.60 Å². The van der Waals surface area contributed by atoms with Gasteiger partial charge in [0, 0.05) is 14.2 Å². The van der Waals surface area contributed by atoms with E-state index in [4.69, 9.17) is 14.4 Å². The van der Waals surface area contributed by atoms with Crippen molar-refractivity contribution in [2.24, 2.45) is 0 Å². The van der Waals surface area contributed by atoms with Crippen LogP contribution in [0.3, 0.4) is 0 Å². The maximum absolute atomic E-state index is 11.8. The van der Waals surface area contributed by atoms with Crippen LogP contribution in [0.1, 0.15) is 20.8 Å². The zero-order valence-corrected chi connectivity index (χ0v) is 13.5. The number of methoxy groups -OCH3 is 1. The molecule has 0 spiro atoms. The van der Waals surface area contributed by atoms with E-state index in [0.717, 1.165) is 7.11 Å². The Morgan fingerprint density at radius 1 is 1.37 bits per heavy atom. The van der Waals surface area contributed by atoms with Crippen LogP contribution in [-0.2, 0) is 18.3 Å². The molecule has 2 N–H and O–H groups in total. The van der Waals surface area contributed by atoms with Crippen LogP contribution >= 0.6 is 16.4 Å². The maximum atomic E-state index is 11.8. The van der Waals surface area contributed by atoms with E-state index in [1.807, 2.05) is 0 Å². The number of rotatable bonds is 7. The predicted molar refractivity (Wildman–Crippen MR) is 74.6 cm³/mol. The molecule has 0 aliphatic rings. The lowest BCUT2D eigenvalue weighted by Crippen LogP contribution is -2.27. The molecule has 0 aromatic rings. The minimum atomic E-state index is -3.92. The number of hydrogen-bond acceptors (Lipinski definition) is 5. The van der Waals surface area contributed by atoms with Gasteiger partial charge in [-0.05, 0) is 32.8 Å². The molecule has 6 nitrogen and oxygen atoms in total. The lowest BCUT2D eigenvalue weighted by Gasteiger charge is -2.32. The molecule has 0 aliphatic heterocycles. The minimum Gasteiger partial charge on any atom is -0.462 e. The maximum Gasteiger partial charge on any atom is 0.359 e. The number of allylic oxidation sites excluding steroid dienone is 1. The Balaban J connectivity index is 5.10.